The molecule has 90 valence electrons. The molecule has 1 N–H and O–H groups in total. The molecule has 0 aliphatic heterocycles. The fraction of sp³-hybridized carbons (Fsp3) is 0.583. The molecule has 4 heteroatoms. The van der Waals surface area contributed by atoms with Crippen molar-refractivity contribution < 1.29 is 9.84 Å². The Balaban J connectivity index is 2.70. The molecule has 0 saturated heterocycles. The summed E-state index contributed by atoms with van der Waals surface area (Å²) in [5, 5.41) is 10.1. The molecule has 1 rings (SSSR count). The highest BCUT2D eigenvalue weighted by molar-refractivity contribution is 9.10. The molecule has 3 nitrogen and oxygen atoms in total. The lowest BCUT2D eigenvalue weighted by molar-refractivity contribution is -0.0917. The van der Waals surface area contributed by atoms with Crippen molar-refractivity contribution >= 4 is 15.9 Å². The van der Waals surface area contributed by atoms with E-state index in [0.717, 1.165) is 16.6 Å². The van der Waals surface area contributed by atoms with Gasteiger partial charge in [0.2, 0.25) is 0 Å². The summed E-state index contributed by atoms with van der Waals surface area (Å²) in [6.45, 7) is 3.91. The molecule has 1 heterocycles. The van der Waals surface area contributed by atoms with Crippen molar-refractivity contribution in [1.82, 2.24) is 4.98 Å². The largest absolute Gasteiger partial charge is 0.390 e. The first-order chi connectivity index (χ1) is 7.51. The first kappa shape index (κ1) is 13.6. The van der Waals surface area contributed by atoms with E-state index in [1.807, 2.05) is 26.0 Å². The van der Waals surface area contributed by atoms with E-state index in [0.29, 0.717) is 6.42 Å². The van der Waals surface area contributed by atoms with Gasteiger partial charge in [-0.15, -0.1) is 0 Å². The predicted molar refractivity (Wildman–Crippen MR) is 67.4 cm³/mol. The van der Waals surface area contributed by atoms with Crippen LogP contribution in [-0.4, -0.2) is 28.9 Å². The monoisotopic (exact) mass is 287 g/mol. The number of rotatable bonds is 5. The number of aliphatic hydroxyl groups is 1. The second-order valence-corrected chi connectivity index (χ2v) is 4.97. The third-order valence-corrected chi connectivity index (χ3v) is 3.53. The molecule has 0 spiro atoms. The van der Waals surface area contributed by atoms with E-state index >= 15 is 0 Å². The van der Waals surface area contributed by atoms with Crippen molar-refractivity contribution in [3.05, 3.63) is 28.5 Å². The second kappa shape index (κ2) is 5.75. The van der Waals surface area contributed by atoms with Crippen LogP contribution in [0, 0.1) is 0 Å². The van der Waals surface area contributed by atoms with Crippen LogP contribution in [0.4, 0.5) is 0 Å². The SMILES string of the molecule is CCC(C)(OC)C(O)Cc1ccc(Br)cn1. The van der Waals surface area contributed by atoms with Crippen LogP contribution in [0.15, 0.2) is 22.8 Å². The third-order valence-electron chi connectivity index (χ3n) is 3.06. The fourth-order valence-corrected chi connectivity index (χ4v) is 1.69. The number of hydrogen-bond donors (Lipinski definition) is 1. The molecule has 16 heavy (non-hydrogen) atoms. The van der Waals surface area contributed by atoms with Gasteiger partial charge in [-0.05, 0) is 41.4 Å². The van der Waals surface area contributed by atoms with Crippen LogP contribution < -0.4 is 0 Å². The average Bonchev–Trinajstić information content (AvgIpc) is 2.31. The van der Waals surface area contributed by atoms with E-state index in [1.165, 1.54) is 0 Å². The predicted octanol–water partition coefficient (Wildman–Crippen LogP) is 2.56. The van der Waals surface area contributed by atoms with Gasteiger partial charge in [0.1, 0.15) is 0 Å². The zero-order valence-electron chi connectivity index (χ0n) is 9.90. The van der Waals surface area contributed by atoms with Crippen molar-refractivity contribution in [2.24, 2.45) is 0 Å². The number of methoxy groups -OCH3 is 1. The molecule has 0 aliphatic carbocycles. The molecular formula is C12H18BrNO2. The fourth-order valence-electron chi connectivity index (χ4n) is 1.46. The van der Waals surface area contributed by atoms with Crippen molar-refractivity contribution in [1.29, 1.82) is 0 Å². The number of aliphatic hydroxyl groups excluding tert-OH is 1. The lowest BCUT2D eigenvalue weighted by Gasteiger charge is -2.32. The van der Waals surface area contributed by atoms with Gasteiger partial charge in [-0.3, -0.25) is 4.98 Å². The molecule has 0 amide bonds. The summed E-state index contributed by atoms with van der Waals surface area (Å²) in [6.07, 6.45) is 2.46. The van der Waals surface area contributed by atoms with Gasteiger partial charge >= 0.3 is 0 Å². The smallest absolute Gasteiger partial charge is 0.0909 e. The summed E-state index contributed by atoms with van der Waals surface area (Å²) in [7, 11) is 1.63. The topological polar surface area (TPSA) is 42.4 Å². The van der Waals surface area contributed by atoms with Crippen molar-refractivity contribution in [3.63, 3.8) is 0 Å². The Hall–Kier alpha value is -0.450. The van der Waals surface area contributed by atoms with E-state index in [1.54, 1.807) is 13.3 Å². The molecule has 0 radical (unpaired) electrons. The van der Waals surface area contributed by atoms with Crippen LogP contribution in [0.3, 0.4) is 0 Å². The number of ether oxygens (including phenoxy) is 1. The van der Waals surface area contributed by atoms with Crippen LogP contribution in [0.1, 0.15) is 26.0 Å². The number of pyridine rings is 1. The molecule has 0 fully saturated rings. The Kier molecular flexibility index (Phi) is 4.89. The Morgan fingerprint density at radius 3 is 2.69 bits per heavy atom. The maximum Gasteiger partial charge on any atom is 0.0909 e. The highest BCUT2D eigenvalue weighted by atomic mass is 79.9. The minimum Gasteiger partial charge on any atom is -0.390 e. The maximum atomic E-state index is 10.1. The average molecular weight is 288 g/mol. The normalized spacial score (nSPS) is 16.8. The number of halogens is 1. The molecule has 2 atom stereocenters. The van der Waals surface area contributed by atoms with Gasteiger partial charge in [0.05, 0.1) is 11.7 Å². The summed E-state index contributed by atoms with van der Waals surface area (Å²) in [5.41, 5.74) is 0.363. The van der Waals surface area contributed by atoms with E-state index in [4.69, 9.17) is 4.74 Å². The molecule has 0 aromatic carbocycles. The van der Waals surface area contributed by atoms with Gasteiger partial charge in [0.15, 0.2) is 0 Å². The van der Waals surface area contributed by atoms with Crippen LogP contribution in [0.25, 0.3) is 0 Å². The minimum absolute atomic E-state index is 0.505. The zero-order chi connectivity index (χ0) is 12.2. The molecule has 0 bridgehead atoms. The van der Waals surface area contributed by atoms with E-state index in [-0.39, 0.29) is 0 Å². The van der Waals surface area contributed by atoms with Gasteiger partial charge in [-0.25, -0.2) is 0 Å². The molecular weight excluding hydrogens is 270 g/mol. The quantitative estimate of drug-likeness (QED) is 0.905. The van der Waals surface area contributed by atoms with Gasteiger partial charge < -0.3 is 9.84 Å². The van der Waals surface area contributed by atoms with Crippen molar-refractivity contribution in [2.45, 2.75) is 38.4 Å². The van der Waals surface area contributed by atoms with E-state index in [9.17, 15) is 5.11 Å². The lowest BCUT2D eigenvalue weighted by atomic mass is 9.92. The summed E-state index contributed by atoms with van der Waals surface area (Å²) in [5.74, 6) is 0. The van der Waals surface area contributed by atoms with Crippen molar-refractivity contribution in [3.8, 4) is 0 Å². The summed E-state index contributed by atoms with van der Waals surface area (Å²) < 4.78 is 6.30. The van der Waals surface area contributed by atoms with Gasteiger partial charge in [0, 0.05) is 29.9 Å². The second-order valence-electron chi connectivity index (χ2n) is 4.06. The van der Waals surface area contributed by atoms with Gasteiger partial charge in [0.25, 0.3) is 0 Å². The molecule has 1 aromatic heterocycles. The highest BCUT2D eigenvalue weighted by Gasteiger charge is 2.31. The first-order valence-electron chi connectivity index (χ1n) is 5.35. The van der Waals surface area contributed by atoms with E-state index < -0.39 is 11.7 Å². The Morgan fingerprint density at radius 1 is 1.56 bits per heavy atom. The highest BCUT2D eigenvalue weighted by Crippen LogP contribution is 2.22. The minimum atomic E-state index is -0.545. The molecule has 2 unspecified atom stereocenters. The van der Waals surface area contributed by atoms with Crippen LogP contribution in [-0.2, 0) is 11.2 Å². The Labute approximate surface area is 105 Å². The van der Waals surface area contributed by atoms with Gasteiger partial charge in [-0.1, -0.05) is 6.92 Å². The summed E-state index contributed by atoms with van der Waals surface area (Å²) in [6, 6.07) is 3.82. The Bertz CT molecular complexity index is 322. The summed E-state index contributed by atoms with van der Waals surface area (Å²) in [4.78, 5) is 4.24. The number of nitrogens with zero attached hydrogens (tertiary/aromatic N) is 1. The molecule has 1 aromatic rings. The zero-order valence-corrected chi connectivity index (χ0v) is 11.5. The maximum absolute atomic E-state index is 10.1. The summed E-state index contributed by atoms with van der Waals surface area (Å²) >= 11 is 3.33. The first-order valence-corrected chi connectivity index (χ1v) is 6.14. The van der Waals surface area contributed by atoms with Crippen LogP contribution in [0.5, 0.6) is 0 Å². The van der Waals surface area contributed by atoms with Crippen LogP contribution >= 0.6 is 15.9 Å². The Morgan fingerprint density at radius 2 is 2.25 bits per heavy atom. The number of hydrogen-bond acceptors (Lipinski definition) is 3. The lowest BCUT2D eigenvalue weighted by Crippen LogP contribution is -2.42. The molecule has 0 saturated carbocycles. The standard InChI is InChI=1S/C12H18BrNO2/c1-4-12(2,16-3)11(15)7-10-6-5-9(13)8-14-10/h5-6,8,11,15H,4,7H2,1-3H3. The third kappa shape index (κ3) is 3.27. The van der Waals surface area contributed by atoms with Crippen LogP contribution in [0.2, 0.25) is 0 Å². The van der Waals surface area contributed by atoms with E-state index in [2.05, 4.69) is 20.9 Å². The van der Waals surface area contributed by atoms with Crippen molar-refractivity contribution in [2.75, 3.05) is 7.11 Å². The number of aromatic nitrogens is 1. The van der Waals surface area contributed by atoms with Gasteiger partial charge in [-0.2, -0.15) is 0 Å². The molecule has 0 aliphatic rings.